The van der Waals surface area contributed by atoms with E-state index in [9.17, 15) is 0 Å². The van der Waals surface area contributed by atoms with Crippen LogP contribution < -0.4 is 5.32 Å². The van der Waals surface area contributed by atoms with Crippen LogP contribution in [0.5, 0.6) is 0 Å². The molecule has 4 nitrogen and oxygen atoms in total. The van der Waals surface area contributed by atoms with Gasteiger partial charge in [-0.05, 0) is 36.4 Å². The van der Waals surface area contributed by atoms with E-state index in [2.05, 4.69) is 10.5 Å². The number of rotatable bonds is 2. The predicted octanol–water partition coefficient (Wildman–Crippen LogP) is 2.91. The van der Waals surface area contributed by atoms with Crippen LogP contribution in [0.3, 0.4) is 0 Å². The first-order valence-corrected chi connectivity index (χ1v) is 5.50. The van der Waals surface area contributed by atoms with Gasteiger partial charge in [-0.25, -0.2) is 0 Å². The molecule has 17 heavy (non-hydrogen) atoms. The lowest BCUT2D eigenvalue weighted by molar-refractivity contribution is 0.0561. The van der Waals surface area contributed by atoms with E-state index in [1.807, 2.05) is 18.2 Å². The van der Waals surface area contributed by atoms with Crippen LogP contribution in [0.25, 0.3) is 0 Å². The van der Waals surface area contributed by atoms with Gasteiger partial charge in [0.15, 0.2) is 11.6 Å². The third-order valence-electron chi connectivity index (χ3n) is 2.44. The monoisotopic (exact) mass is 248 g/mol. The first-order chi connectivity index (χ1) is 8.33. The van der Waals surface area contributed by atoms with Crippen LogP contribution in [-0.2, 0) is 4.84 Å². The van der Waals surface area contributed by atoms with Crippen molar-refractivity contribution < 1.29 is 9.25 Å². The van der Waals surface area contributed by atoms with Gasteiger partial charge in [-0.15, -0.1) is 0 Å². The Labute approximate surface area is 103 Å². The lowest BCUT2D eigenvalue weighted by Gasteiger charge is -2.06. The van der Waals surface area contributed by atoms with Crippen LogP contribution in [0.2, 0.25) is 5.02 Å². The summed E-state index contributed by atoms with van der Waals surface area (Å²) in [6.07, 6.45) is 1.23. The van der Waals surface area contributed by atoms with Gasteiger partial charge in [0.05, 0.1) is 6.26 Å². The molecule has 0 aliphatic carbocycles. The molecule has 0 bridgehead atoms. The fourth-order valence-corrected chi connectivity index (χ4v) is 1.72. The molecule has 0 radical (unpaired) electrons. The number of oxime groups is 1. The number of halogens is 1. The maximum absolute atomic E-state index is 5.82. The highest BCUT2D eigenvalue weighted by atomic mass is 35.5. The maximum Gasteiger partial charge on any atom is 0.257 e. The minimum absolute atomic E-state index is 0.365. The molecule has 2 aromatic rings. The predicted molar refractivity (Wildman–Crippen MR) is 63.7 cm³/mol. The SMILES string of the molecule is Clc1ccc(C2=NOC(c3ccco3)N2)cc1. The van der Waals surface area contributed by atoms with E-state index in [0.29, 0.717) is 16.6 Å². The average molecular weight is 249 g/mol. The van der Waals surface area contributed by atoms with Crippen molar-refractivity contribution in [1.82, 2.24) is 5.32 Å². The lowest BCUT2D eigenvalue weighted by atomic mass is 10.2. The van der Waals surface area contributed by atoms with Crippen LogP contribution in [0.1, 0.15) is 17.6 Å². The quantitative estimate of drug-likeness (QED) is 0.889. The minimum Gasteiger partial charge on any atom is -0.463 e. The van der Waals surface area contributed by atoms with Crippen molar-refractivity contribution in [2.45, 2.75) is 6.23 Å². The van der Waals surface area contributed by atoms with Crippen LogP contribution >= 0.6 is 11.6 Å². The Morgan fingerprint density at radius 2 is 2.00 bits per heavy atom. The topological polar surface area (TPSA) is 46.8 Å². The summed E-state index contributed by atoms with van der Waals surface area (Å²) in [7, 11) is 0. The van der Waals surface area contributed by atoms with Crippen molar-refractivity contribution in [3.8, 4) is 0 Å². The van der Waals surface area contributed by atoms with E-state index in [4.69, 9.17) is 20.9 Å². The molecule has 0 spiro atoms. The van der Waals surface area contributed by atoms with Gasteiger partial charge in [0, 0.05) is 10.6 Å². The number of benzene rings is 1. The Balaban J connectivity index is 1.77. The number of nitrogens with one attached hydrogen (secondary N) is 1. The number of amidine groups is 1. The molecule has 3 rings (SSSR count). The maximum atomic E-state index is 5.82. The van der Waals surface area contributed by atoms with E-state index in [1.165, 1.54) is 0 Å². The molecule has 1 aliphatic heterocycles. The molecule has 1 aliphatic rings. The van der Waals surface area contributed by atoms with Crippen molar-refractivity contribution in [2.24, 2.45) is 5.16 Å². The van der Waals surface area contributed by atoms with Crippen molar-refractivity contribution in [3.05, 3.63) is 59.0 Å². The number of hydrogen-bond acceptors (Lipinski definition) is 4. The summed E-state index contributed by atoms with van der Waals surface area (Å²) in [5.74, 6) is 1.36. The molecule has 0 fully saturated rings. The van der Waals surface area contributed by atoms with Gasteiger partial charge >= 0.3 is 0 Å². The molecule has 1 atom stereocenters. The number of nitrogens with zero attached hydrogens (tertiary/aromatic N) is 1. The summed E-state index contributed by atoms with van der Waals surface area (Å²) in [6, 6.07) is 11.0. The fourth-order valence-electron chi connectivity index (χ4n) is 1.59. The summed E-state index contributed by atoms with van der Waals surface area (Å²) in [5, 5.41) is 7.79. The van der Waals surface area contributed by atoms with Gasteiger partial charge in [-0.3, -0.25) is 0 Å². The number of hydrogen-bond donors (Lipinski definition) is 1. The highest BCUT2D eigenvalue weighted by Gasteiger charge is 2.24. The van der Waals surface area contributed by atoms with Crippen molar-refractivity contribution >= 4 is 17.4 Å². The summed E-state index contributed by atoms with van der Waals surface area (Å²) in [6.45, 7) is 0. The Kier molecular flexibility index (Phi) is 2.49. The third kappa shape index (κ3) is 1.99. The summed E-state index contributed by atoms with van der Waals surface area (Å²) >= 11 is 5.82. The van der Waals surface area contributed by atoms with Crippen molar-refractivity contribution in [3.63, 3.8) is 0 Å². The average Bonchev–Trinajstić information content (AvgIpc) is 3.00. The van der Waals surface area contributed by atoms with Crippen LogP contribution in [0.4, 0.5) is 0 Å². The smallest absolute Gasteiger partial charge is 0.257 e. The molecule has 5 heteroatoms. The van der Waals surface area contributed by atoms with E-state index < -0.39 is 0 Å². The van der Waals surface area contributed by atoms with Crippen molar-refractivity contribution in [1.29, 1.82) is 0 Å². The zero-order valence-electron chi connectivity index (χ0n) is 8.76. The van der Waals surface area contributed by atoms with Gasteiger partial charge in [-0.1, -0.05) is 16.8 Å². The second kappa shape index (κ2) is 4.14. The highest BCUT2D eigenvalue weighted by Crippen LogP contribution is 2.21. The largest absolute Gasteiger partial charge is 0.463 e. The Bertz CT molecular complexity index is 534. The zero-order valence-corrected chi connectivity index (χ0v) is 9.52. The normalized spacial score (nSPS) is 18.4. The molecule has 1 unspecified atom stereocenters. The van der Waals surface area contributed by atoms with E-state index in [-0.39, 0.29) is 6.23 Å². The van der Waals surface area contributed by atoms with Crippen molar-refractivity contribution in [2.75, 3.05) is 0 Å². The Hall–Kier alpha value is -1.94. The molecular weight excluding hydrogens is 240 g/mol. The van der Waals surface area contributed by atoms with E-state index >= 15 is 0 Å². The summed E-state index contributed by atoms with van der Waals surface area (Å²) < 4.78 is 5.24. The molecular formula is C12H9ClN2O2. The fraction of sp³-hybridized carbons (Fsp3) is 0.0833. The molecule has 1 N–H and O–H groups in total. The van der Waals surface area contributed by atoms with Gasteiger partial charge in [0.1, 0.15) is 0 Å². The first-order valence-electron chi connectivity index (χ1n) is 5.12. The zero-order chi connectivity index (χ0) is 11.7. The Morgan fingerprint density at radius 3 is 2.71 bits per heavy atom. The van der Waals surface area contributed by atoms with Crippen LogP contribution in [0.15, 0.2) is 52.2 Å². The molecule has 0 amide bonds. The van der Waals surface area contributed by atoms with Gasteiger partial charge in [0.2, 0.25) is 0 Å². The van der Waals surface area contributed by atoms with Gasteiger partial charge in [-0.2, -0.15) is 0 Å². The van der Waals surface area contributed by atoms with Crippen LogP contribution in [-0.4, -0.2) is 5.84 Å². The van der Waals surface area contributed by atoms with Gasteiger partial charge < -0.3 is 14.6 Å². The molecule has 1 aromatic carbocycles. The van der Waals surface area contributed by atoms with Gasteiger partial charge in [0.25, 0.3) is 6.23 Å². The second-order valence-corrected chi connectivity index (χ2v) is 4.03. The minimum atomic E-state index is -0.365. The van der Waals surface area contributed by atoms with Crippen LogP contribution in [0, 0.1) is 0 Å². The molecule has 0 saturated carbocycles. The molecule has 0 saturated heterocycles. The standard InChI is InChI=1S/C12H9ClN2O2/c13-9-5-3-8(4-6-9)11-14-12(17-15-11)10-2-1-7-16-10/h1-7,12H,(H,14,15). The summed E-state index contributed by atoms with van der Waals surface area (Å²) in [5.41, 5.74) is 0.920. The second-order valence-electron chi connectivity index (χ2n) is 3.59. The Morgan fingerprint density at radius 1 is 1.18 bits per heavy atom. The number of furan rings is 1. The molecule has 1 aromatic heterocycles. The molecule has 86 valence electrons. The van der Waals surface area contributed by atoms with E-state index in [1.54, 1.807) is 24.5 Å². The first kappa shape index (κ1) is 10.2. The lowest BCUT2D eigenvalue weighted by Crippen LogP contribution is -2.23. The molecule has 2 heterocycles. The van der Waals surface area contributed by atoms with E-state index in [0.717, 1.165) is 5.56 Å². The highest BCUT2D eigenvalue weighted by molar-refractivity contribution is 6.30. The third-order valence-corrected chi connectivity index (χ3v) is 2.69. The summed E-state index contributed by atoms with van der Waals surface area (Å²) in [4.78, 5) is 5.24.